The van der Waals surface area contributed by atoms with Crippen LogP contribution in [0, 0.1) is 17.9 Å². The highest BCUT2D eigenvalue weighted by Gasteiger charge is 2.17. The van der Waals surface area contributed by atoms with Gasteiger partial charge in [0, 0.05) is 21.2 Å². The van der Waals surface area contributed by atoms with Crippen molar-refractivity contribution in [3.63, 3.8) is 0 Å². The van der Waals surface area contributed by atoms with E-state index in [9.17, 15) is 5.26 Å². The average Bonchev–Trinajstić information content (AvgIpc) is 2.63. The van der Waals surface area contributed by atoms with Gasteiger partial charge < -0.3 is 22.9 Å². The highest BCUT2D eigenvalue weighted by Crippen LogP contribution is 2.36. The second-order valence-corrected chi connectivity index (χ2v) is 7.12. The summed E-state index contributed by atoms with van der Waals surface area (Å²) in [6.45, 7) is 7.43. The van der Waals surface area contributed by atoms with Crippen LogP contribution in [0.15, 0.2) is 79.7 Å². The SMILES string of the molecule is C.[C-]#[N+]C(=C(/N)Sc1ccccc1N)/C(C#N)=C(\N)Sc1ccccc1N. The maximum Gasteiger partial charge on any atom is 0.236 e. The van der Waals surface area contributed by atoms with Gasteiger partial charge in [0.15, 0.2) is 0 Å². The first-order valence-electron chi connectivity index (χ1n) is 7.30. The highest BCUT2D eigenvalue weighted by molar-refractivity contribution is 8.03. The van der Waals surface area contributed by atoms with Crippen LogP contribution in [0.25, 0.3) is 4.85 Å². The summed E-state index contributed by atoms with van der Waals surface area (Å²) < 4.78 is 0. The lowest BCUT2D eigenvalue weighted by Crippen LogP contribution is -2.05. The molecule has 0 amide bonds. The molecule has 0 fully saturated rings. The number of nitriles is 1. The van der Waals surface area contributed by atoms with Crippen LogP contribution in [0.2, 0.25) is 0 Å². The molecule has 0 heterocycles. The summed E-state index contributed by atoms with van der Waals surface area (Å²) in [5.74, 6) is 0. The predicted molar refractivity (Wildman–Crippen MR) is 115 cm³/mol. The number of thioether (sulfide) groups is 2. The molecule has 0 aliphatic heterocycles. The van der Waals surface area contributed by atoms with Crippen molar-refractivity contribution in [1.82, 2.24) is 0 Å². The van der Waals surface area contributed by atoms with E-state index in [0.29, 0.717) is 21.2 Å². The van der Waals surface area contributed by atoms with Crippen molar-refractivity contribution >= 4 is 34.9 Å². The summed E-state index contributed by atoms with van der Waals surface area (Å²) in [6.07, 6.45) is 0. The van der Waals surface area contributed by atoms with Gasteiger partial charge in [0.1, 0.15) is 0 Å². The van der Waals surface area contributed by atoms with E-state index in [1.807, 2.05) is 18.2 Å². The smallest absolute Gasteiger partial charge is 0.236 e. The topological polar surface area (TPSA) is 132 Å². The van der Waals surface area contributed by atoms with E-state index in [0.717, 1.165) is 23.5 Å². The molecule has 0 radical (unpaired) electrons. The molecule has 138 valence electrons. The molecule has 0 bridgehead atoms. The fourth-order valence-electron chi connectivity index (χ4n) is 1.94. The van der Waals surface area contributed by atoms with Crippen molar-refractivity contribution in [1.29, 1.82) is 5.26 Å². The van der Waals surface area contributed by atoms with Crippen LogP contribution in [0.1, 0.15) is 7.43 Å². The molecular formula is C19H20N6S2. The lowest BCUT2D eigenvalue weighted by atomic mass is 10.2. The minimum absolute atomic E-state index is 0. The van der Waals surface area contributed by atoms with Crippen molar-refractivity contribution in [2.45, 2.75) is 17.2 Å². The molecule has 8 N–H and O–H groups in total. The normalized spacial score (nSPS) is 11.9. The minimum Gasteiger partial charge on any atom is -0.402 e. The molecule has 0 unspecified atom stereocenters. The van der Waals surface area contributed by atoms with Crippen molar-refractivity contribution in [3.8, 4) is 6.07 Å². The van der Waals surface area contributed by atoms with Gasteiger partial charge in [0.25, 0.3) is 0 Å². The third-order valence-electron chi connectivity index (χ3n) is 3.22. The number of anilines is 2. The molecular weight excluding hydrogens is 376 g/mol. The molecule has 0 saturated heterocycles. The number of nitrogens with zero attached hydrogens (tertiary/aromatic N) is 2. The zero-order chi connectivity index (χ0) is 19.1. The Kier molecular flexibility index (Phi) is 8.15. The van der Waals surface area contributed by atoms with Crippen LogP contribution in [-0.4, -0.2) is 0 Å². The second-order valence-electron chi connectivity index (χ2n) is 4.96. The number of hydrogen-bond donors (Lipinski definition) is 4. The van der Waals surface area contributed by atoms with Gasteiger partial charge in [-0.2, -0.15) is 5.26 Å². The molecule has 0 aromatic heterocycles. The largest absolute Gasteiger partial charge is 0.402 e. The summed E-state index contributed by atoms with van der Waals surface area (Å²) in [7, 11) is 0. The Labute approximate surface area is 167 Å². The molecule has 2 aromatic carbocycles. The summed E-state index contributed by atoms with van der Waals surface area (Å²) in [4.78, 5) is 4.80. The van der Waals surface area contributed by atoms with Crippen LogP contribution in [0.5, 0.6) is 0 Å². The maximum atomic E-state index is 9.52. The van der Waals surface area contributed by atoms with E-state index in [1.165, 1.54) is 0 Å². The molecule has 8 heteroatoms. The van der Waals surface area contributed by atoms with E-state index in [4.69, 9.17) is 29.5 Å². The number of rotatable bonds is 5. The third kappa shape index (κ3) is 5.38. The Morgan fingerprint density at radius 3 is 1.74 bits per heavy atom. The number of nitrogen functional groups attached to an aromatic ring is 2. The standard InChI is InChI=1S/C18H16N6S2.CH4/c1-24-16(18(23)26-15-9-5-3-7-13(15)21)11(10-19)17(22)25-14-8-4-2-6-12(14)20;/h2-9H,20-23H2;1H4/b17-11+,18-16-;. The molecule has 0 saturated carbocycles. The lowest BCUT2D eigenvalue weighted by molar-refractivity contribution is 1.34. The van der Waals surface area contributed by atoms with Crippen molar-refractivity contribution in [2.75, 3.05) is 11.5 Å². The van der Waals surface area contributed by atoms with Gasteiger partial charge in [0.2, 0.25) is 5.70 Å². The second kappa shape index (κ2) is 10.1. The van der Waals surface area contributed by atoms with E-state index >= 15 is 0 Å². The summed E-state index contributed by atoms with van der Waals surface area (Å²) in [5.41, 5.74) is 25.0. The number of allylic oxidation sites excluding steroid dienone is 1. The van der Waals surface area contributed by atoms with Gasteiger partial charge in [0.05, 0.1) is 28.3 Å². The first-order valence-corrected chi connectivity index (χ1v) is 8.93. The minimum atomic E-state index is -0.0137. The Bertz CT molecular complexity index is 887. The molecule has 0 aliphatic rings. The fourth-order valence-corrected chi connectivity index (χ4v) is 3.57. The van der Waals surface area contributed by atoms with Crippen LogP contribution >= 0.6 is 23.5 Å². The predicted octanol–water partition coefficient (Wildman–Crippen LogP) is 4.11. The van der Waals surface area contributed by atoms with E-state index in [-0.39, 0.29) is 28.8 Å². The van der Waals surface area contributed by atoms with E-state index in [1.54, 1.807) is 36.4 Å². The Morgan fingerprint density at radius 1 is 0.889 bits per heavy atom. The van der Waals surface area contributed by atoms with Gasteiger partial charge in [-0.3, -0.25) is 0 Å². The van der Waals surface area contributed by atoms with Gasteiger partial charge in [-0.25, -0.2) is 4.85 Å². The van der Waals surface area contributed by atoms with E-state index < -0.39 is 0 Å². The van der Waals surface area contributed by atoms with Crippen molar-refractivity contribution in [2.24, 2.45) is 11.5 Å². The molecule has 2 rings (SSSR count). The zero-order valence-corrected chi connectivity index (χ0v) is 15.3. The van der Waals surface area contributed by atoms with Crippen LogP contribution in [-0.2, 0) is 0 Å². The Hall–Kier alpha value is -3.20. The van der Waals surface area contributed by atoms with Gasteiger partial charge >= 0.3 is 0 Å². The number of para-hydroxylation sites is 2. The molecule has 27 heavy (non-hydrogen) atoms. The van der Waals surface area contributed by atoms with E-state index in [2.05, 4.69) is 4.85 Å². The first kappa shape index (κ1) is 21.8. The number of benzene rings is 2. The third-order valence-corrected chi connectivity index (χ3v) is 5.24. The van der Waals surface area contributed by atoms with Crippen LogP contribution < -0.4 is 22.9 Å². The quantitative estimate of drug-likeness (QED) is 0.196. The number of nitrogens with two attached hydrogens (primary N) is 4. The molecule has 6 nitrogen and oxygen atoms in total. The van der Waals surface area contributed by atoms with Crippen LogP contribution in [0.4, 0.5) is 11.4 Å². The van der Waals surface area contributed by atoms with Crippen molar-refractivity contribution in [3.05, 3.63) is 81.3 Å². The van der Waals surface area contributed by atoms with Gasteiger partial charge in [-0.05, 0) is 24.3 Å². The lowest BCUT2D eigenvalue weighted by Gasteiger charge is -2.10. The molecule has 2 aromatic rings. The summed E-state index contributed by atoms with van der Waals surface area (Å²) >= 11 is 2.23. The molecule has 0 aliphatic carbocycles. The summed E-state index contributed by atoms with van der Waals surface area (Å²) in [6, 6.07) is 16.2. The first-order chi connectivity index (χ1) is 12.5. The zero-order valence-electron chi connectivity index (χ0n) is 13.6. The average molecular weight is 397 g/mol. The monoisotopic (exact) mass is 396 g/mol. The highest BCUT2D eigenvalue weighted by atomic mass is 32.2. The molecule has 0 atom stereocenters. The number of hydrogen-bond acceptors (Lipinski definition) is 7. The molecule has 0 spiro atoms. The van der Waals surface area contributed by atoms with Crippen molar-refractivity contribution < 1.29 is 0 Å². The Morgan fingerprint density at radius 2 is 1.33 bits per heavy atom. The fraction of sp³-hybridized carbons (Fsp3) is 0.0526. The van der Waals surface area contributed by atoms with Gasteiger partial charge in [-0.1, -0.05) is 55.2 Å². The maximum absolute atomic E-state index is 9.52. The Balaban J connectivity index is 0.00000364. The van der Waals surface area contributed by atoms with Crippen LogP contribution in [0.3, 0.4) is 0 Å². The van der Waals surface area contributed by atoms with Gasteiger partial charge in [-0.15, -0.1) is 0 Å². The summed E-state index contributed by atoms with van der Waals surface area (Å²) in [5, 5.41) is 9.82.